The molecule has 1 fully saturated rings. The Hall–Kier alpha value is -0.230. The standard InChI is InChI=1S/C5H6Cl3N3O2/c6-5(7,8)4(13)10-2-1-9-11-3(2)12/h2,9H,1H2,(H,10,13)(H,11,12)/t2-/m1/s1. The van der Waals surface area contributed by atoms with E-state index in [0.29, 0.717) is 0 Å². The number of alkyl halides is 3. The van der Waals surface area contributed by atoms with E-state index < -0.39 is 15.7 Å². The van der Waals surface area contributed by atoms with Crippen LogP contribution in [0.5, 0.6) is 0 Å². The fraction of sp³-hybridized carbons (Fsp3) is 0.600. The summed E-state index contributed by atoms with van der Waals surface area (Å²) in [5, 5.41) is 2.26. The lowest BCUT2D eigenvalue weighted by Crippen LogP contribution is -2.46. The molecule has 2 amide bonds. The molecule has 5 nitrogen and oxygen atoms in total. The number of rotatable bonds is 1. The van der Waals surface area contributed by atoms with Crippen LogP contribution in [-0.2, 0) is 9.59 Å². The predicted octanol–water partition coefficient (Wildman–Crippen LogP) is -0.524. The molecule has 1 aliphatic rings. The van der Waals surface area contributed by atoms with Crippen LogP contribution in [0.4, 0.5) is 0 Å². The third-order valence-corrected chi connectivity index (χ3v) is 1.91. The summed E-state index contributed by atoms with van der Waals surface area (Å²) in [5.41, 5.74) is 4.83. The largest absolute Gasteiger partial charge is 0.339 e. The van der Waals surface area contributed by atoms with Gasteiger partial charge >= 0.3 is 0 Å². The van der Waals surface area contributed by atoms with Crippen molar-refractivity contribution >= 4 is 46.6 Å². The molecular weight excluding hydrogens is 240 g/mol. The van der Waals surface area contributed by atoms with Crippen molar-refractivity contribution in [1.82, 2.24) is 16.2 Å². The molecule has 8 heteroatoms. The lowest BCUT2D eigenvalue weighted by Gasteiger charge is -2.13. The Morgan fingerprint density at radius 3 is 2.54 bits per heavy atom. The average Bonchev–Trinajstić information content (AvgIpc) is 2.34. The summed E-state index contributed by atoms with van der Waals surface area (Å²) < 4.78 is -2.04. The highest BCUT2D eigenvalue weighted by atomic mass is 35.6. The Balaban J connectivity index is 2.49. The maximum atomic E-state index is 11.1. The molecule has 0 bridgehead atoms. The molecule has 1 aliphatic heterocycles. The molecule has 0 aromatic rings. The first-order valence-corrected chi connectivity index (χ1v) is 4.45. The number of carbonyl (C=O) groups excluding carboxylic acids is 2. The summed E-state index contributed by atoms with van der Waals surface area (Å²) in [6.07, 6.45) is 0. The van der Waals surface area contributed by atoms with Crippen molar-refractivity contribution in [2.24, 2.45) is 0 Å². The van der Waals surface area contributed by atoms with Gasteiger partial charge in [-0.1, -0.05) is 34.8 Å². The molecule has 1 saturated heterocycles. The number of hydrogen-bond donors (Lipinski definition) is 3. The average molecular weight is 246 g/mol. The normalized spacial score (nSPS) is 22.7. The summed E-state index contributed by atoms with van der Waals surface area (Å²) in [5.74, 6) is -1.18. The quantitative estimate of drug-likeness (QED) is 0.545. The number of hydrogen-bond acceptors (Lipinski definition) is 3. The van der Waals surface area contributed by atoms with E-state index in [1.165, 1.54) is 0 Å². The van der Waals surface area contributed by atoms with Crippen LogP contribution >= 0.6 is 34.8 Å². The van der Waals surface area contributed by atoms with Gasteiger partial charge in [-0.2, -0.15) is 0 Å². The summed E-state index contributed by atoms with van der Waals surface area (Å²) in [7, 11) is 0. The Morgan fingerprint density at radius 1 is 1.54 bits per heavy atom. The molecule has 0 aliphatic carbocycles. The topological polar surface area (TPSA) is 70.2 Å². The van der Waals surface area contributed by atoms with Crippen LogP contribution in [0.15, 0.2) is 0 Å². The molecule has 74 valence electrons. The van der Waals surface area contributed by atoms with Gasteiger partial charge in [0.05, 0.1) is 0 Å². The zero-order valence-electron chi connectivity index (χ0n) is 6.23. The first kappa shape index (κ1) is 10.8. The molecule has 0 unspecified atom stereocenters. The monoisotopic (exact) mass is 245 g/mol. The molecule has 3 N–H and O–H groups in total. The van der Waals surface area contributed by atoms with Crippen molar-refractivity contribution in [2.45, 2.75) is 9.83 Å². The van der Waals surface area contributed by atoms with Gasteiger partial charge in [-0.3, -0.25) is 15.0 Å². The van der Waals surface area contributed by atoms with Gasteiger partial charge in [0, 0.05) is 6.54 Å². The first-order chi connectivity index (χ1) is 5.91. The highest BCUT2D eigenvalue weighted by Gasteiger charge is 2.35. The molecule has 1 atom stereocenters. The zero-order chi connectivity index (χ0) is 10.1. The molecule has 13 heavy (non-hydrogen) atoms. The number of carbonyl (C=O) groups is 2. The third kappa shape index (κ3) is 2.87. The van der Waals surface area contributed by atoms with Crippen molar-refractivity contribution < 1.29 is 9.59 Å². The van der Waals surface area contributed by atoms with Crippen molar-refractivity contribution in [3.8, 4) is 0 Å². The third-order valence-electron chi connectivity index (χ3n) is 1.40. The predicted molar refractivity (Wildman–Crippen MR) is 48.4 cm³/mol. The fourth-order valence-electron chi connectivity index (χ4n) is 0.777. The molecule has 1 rings (SSSR count). The second-order valence-corrected chi connectivity index (χ2v) is 4.68. The van der Waals surface area contributed by atoms with Crippen molar-refractivity contribution in [2.75, 3.05) is 6.54 Å². The smallest absolute Gasteiger partial charge is 0.272 e. The minimum absolute atomic E-state index is 0.269. The molecular formula is C5H6Cl3N3O2. The summed E-state index contributed by atoms with van der Waals surface area (Å²) >= 11 is 15.8. The minimum atomic E-state index is -2.04. The zero-order valence-corrected chi connectivity index (χ0v) is 8.50. The van der Waals surface area contributed by atoms with E-state index in [-0.39, 0.29) is 12.5 Å². The Morgan fingerprint density at radius 2 is 2.15 bits per heavy atom. The van der Waals surface area contributed by atoms with E-state index in [0.717, 1.165) is 0 Å². The highest BCUT2D eigenvalue weighted by molar-refractivity contribution is 6.76. The van der Waals surface area contributed by atoms with Gasteiger partial charge in [0.2, 0.25) is 0 Å². The van der Waals surface area contributed by atoms with E-state index in [1.54, 1.807) is 0 Å². The van der Waals surface area contributed by atoms with Crippen molar-refractivity contribution in [1.29, 1.82) is 0 Å². The van der Waals surface area contributed by atoms with Crippen LogP contribution in [0.1, 0.15) is 0 Å². The van der Waals surface area contributed by atoms with E-state index in [9.17, 15) is 9.59 Å². The van der Waals surface area contributed by atoms with Gasteiger partial charge in [-0.25, -0.2) is 5.43 Å². The van der Waals surface area contributed by atoms with Crippen molar-refractivity contribution in [3.05, 3.63) is 0 Å². The van der Waals surface area contributed by atoms with Gasteiger partial charge in [0.15, 0.2) is 0 Å². The Bertz CT molecular complexity index is 240. The van der Waals surface area contributed by atoms with Crippen molar-refractivity contribution in [3.63, 3.8) is 0 Å². The first-order valence-electron chi connectivity index (χ1n) is 3.31. The van der Waals surface area contributed by atoms with Crippen LogP contribution in [0, 0.1) is 0 Å². The molecule has 0 radical (unpaired) electrons. The van der Waals surface area contributed by atoms with Gasteiger partial charge < -0.3 is 5.32 Å². The maximum Gasteiger partial charge on any atom is 0.272 e. The van der Waals surface area contributed by atoms with E-state index in [1.807, 2.05) is 0 Å². The van der Waals surface area contributed by atoms with Gasteiger partial charge in [0.25, 0.3) is 15.6 Å². The number of amides is 2. The molecule has 0 aromatic carbocycles. The number of halogens is 3. The van der Waals surface area contributed by atoms with Gasteiger partial charge in [-0.15, -0.1) is 0 Å². The van der Waals surface area contributed by atoms with Gasteiger partial charge in [0.1, 0.15) is 6.04 Å². The second-order valence-electron chi connectivity index (χ2n) is 2.39. The number of hydrazine groups is 1. The molecule has 0 aromatic heterocycles. The lowest BCUT2D eigenvalue weighted by molar-refractivity contribution is -0.126. The number of nitrogens with one attached hydrogen (secondary N) is 3. The lowest BCUT2D eigenvalue weighted by atomic mass is 10.3. The van der Waals surface area contributed by atoms with Crippen LogP contribution in [0.2, 0.25) is 0 Å². The summed E-state index contributed by atoms with van der Waals surface area (Å²) in [4.78, 5) is 22.0. The van der Waals surface area contributed by atoms with Crippen LogP contribution in [0.3, 0.4) is 0 Å². The van der Waals surface area contributed by atoms with Crippen LogP contribution in [-0.4, -0.2) is 28.2 Å². The summed E-state index contributed by atoms with van der Waals surface area (Å²) in [6.45, 7) is 0.269. The fourth-order valence-corrected chi connectivity index (χ4v) is 0.940. The second kappa shape index (κ2) is 3.88. The molecule has 0 spiro atoms. The Labute approximate surface area is 89.0 Å². The molecule has 1 heterocycles. The summed E-state index contributed by atoms with van der Waals surface area (Å²) in [6, 6.07) is -0.692. The minimum Gasteiger partial charge on any atom is -0.339 e. The van der Waals surface area contributed by atoms with Crippen LogP contribution in [0.25, 0.3) is 0 Å². The van der Waals surface area contributed by atoms with E-state index >= 15 is 0 Å². The highest BCUT2D eigenvalue weighted by Crippen LogP contribution is 2.25. The van der Waals surface area contributed by atoms with Crippen LogP contribution < -0.4 is 16.2 Å². The van der Waals surface area contributed by atoms with E-state index in [2.05, 4.69) is 16.2 Å². The van der Waals surface area contributed by atoms with Gasteiger partial charge in [-0.05, 0) is 0 Å². The molecule has 0 saturated carbocycles. The Kier molecular flexibility index (Phi) is 3.23. The maximum absolute atomic E-state index is 11.1. The SMILES string of the molecule is O=C1NNC[C@H]1NC(=O)C(Cl)(Cl)Cl. The van der Waals surface area contributed by atoms with E-state index in [4.69, 9.17) is 34.8 Å².